The monoisotopic (exact) mass is 630 g/mol. The molecule has 2 aliphatic rings. The summed E-state index contributed by atoms with van der Waals surface area (Å²) in [5, 5.41) is 13.0. The number of benzene rings is 1. The predicted molar refractivity (Wildman–Crippen MR) is 160 cm³/mol. The van der Waals surface area contributed by atoms with Crippen LogP contribution in [0.1, 0.15) is 35.0 Å². The van der Waals surface area contributed by atoms with E-state index in [1.807, 2.05) is 19.1 Å². The van der Waals surface area contributed by atoms with Crippen LogP contribution in [0.2, 0.25) is 5.02 Å². The maximum Gasteiger partial charge on any atom is 0.296 e. The van der Waals surface area contributed by atoms with Crippen LogP contribution < -0.4 is 10.1 Å². The largest absolute Gasteiger partial charge is 0.456 e. The molecule has 12 nitrogen and oxygen atoms in total. The van der Waals surface area contributed by atoms with E-state index in [1.54, 1.807) is 36.4 Å². The number of nitrogens with zero attached hydrogens (tertiary/aromatic N) is 2. The lowest BCUT2D eigenvalue weighted by atomic mass is 10.0. The highest BCUT2D eigenvalue weighted by Crippen LogP contribution is 2.31. The lowest BCUT2D eigenvalue weighted by Crippen LogP contribution is -2.34. The first kappa shape index (κ1) is 30.9. The van der Waals surface area contributed by atoms with Crippen molar-refractivity contribution < 1.29 is 37.1 Å². The van der Waals surface area contributed by atoms with Crippen LogP contribution in [0, 0.1) is 0 Å². The summed E-state index contributed by atoms with van der Waals surface area (Å²) in [7, 11) is -4.06. The number of allylic oxidation sites excluding steroid dienone is 5. The number of rotatable bonds is 11. The number of hydrogen-bond donors (Lipinski definition) is 4. The fourth-order valence-electron chi connectivity index (χ4n) is 4.86. The SMILES string of the molecule is C=C/C(=C\C=C(/C)c1nc2nc(O[C@@H]3CO[C@H]4[C@@H]3OC[C@H]4O)[nH]c2cc1Cl)c1ccc(C(=O)NCCCS(=O)(=O)O)cc1. The number of carbonyl (C=O) groups excluding carboxylic acids is 1. The minimum Gasteiger partial charge on any atom is -0.456 e. The van der Waals surface area contributed by atoms with Gasteiger partial charge in [0.2, 0.25) is 0 Å². The Balaban J connectivity index is 1.26. The highest BCUT2D eigenvalue weighted by molar-refractivity contribution is 7.85. The van der Waals surface area contributed by atoms with Crippen molar-refractivity contribution >= 4 is 49.9 Å². The highest BCUT2D eigenvalue weighted by Gasteiger charge is 2.48. The Morgan fingerprint density at radius 3 is 2.63 bits per heavy atom. The van der Waals surface area contributed by atoms with Crippen molar-refractivity contribution in [3.63, 3.8) is 0 Å². The van der Waals surface area contributed by atoms with E-state index in [4.69, 9.17) is 30.4 Å². The van der Waals surface area contributed by atoms with Crippen molar-refractivity contribution in [1.29, 1.82) is 0 Å². The molecule has 4 heterocycles. The molecule has 228 valence electrons. The van der Waals surface area contributed by atoms with Crippen LogP contribution in [-0.2, 0) is 19.6 Å². The molecule has 4 N–H and O–H groups in total. The van der Waals surface area contributed by atoms with Gasteiger partial charge in [-0.1, -0.05) is 48.5 Å². The second-order valence-corrected chi connectivity index (χ2v) is 12.2. The van der Waals surface area contributed by atoms with Crippen LogP contribution in [0.5, 0.6) is 6.01 Å². The van der Waals surface area contributed by atoms with Gasteiger partial charge in [0, 0.05) is 12.1 Å². The second kappa shape index (κ2) is 13.0. The molecule has 2 saturated heterocycles. The first-order chi connectivity index (χ1) is 20.5. The van der Waals surface area contributed by atoms with Crippen LogP contribution in [0.15, 0.2) is 55.1 Å². The van der Waals surface area contributed by atoms with E-state index in [2.05, 4.69) is 26.8 Å². The topological polar surface area (TPSA) is 173 Å². The number of carbonyl (C=O) groups is 1. The van der Waals surface area contributed by atoms with Crippen LogP contribution in [-0.4, -0.2) is 88.9 Å². The zero-order valence-corrected chi connectivity index (χ0v) is 24.8. The van der Waals surface area contributed by atoms with Gasteiger partial charge in [-0.25, -0.2) is 4.98 Å². The van der Waals surface area contributed by atoms with E-state index in [1.165, 1.54) is 0 Å². The number of amides is 1. The van der Waals surface area contributed by atoms with Gasteiger partial charge >= 0.3 is 0 Å². The van der Waals surface area contributed by atoms with Gasteiger partial charge in [0.1, 0.15) is 18.3 Å². The molecule has 2 aromatic heterocycles. The zero-order valence-electron chi connectivity index (χ0n) is 23.2. The Hall–Kier alpha value is -3.59. The van der Waals surface area contributed by atoms with E-state index < -0.39 is 34.2 Å². The molecule has 0 unspecified atom stereocenters. The number of imidazole rings is 1. The minimum absolute atomic E-state index is 0.108. The summed E-state index contributed by atoms with van der Waals surface area (Å²) in [5.74, 6) is -0.770. The fraction of sp³-hybridized carbons (Fsp3) is 0.345. The molecule has 1 aromatic carbocycles. The third-order valence-electron chi connectivity index (χ3n) is 7.10. The lowest BCUT2D eigenvalue weighted by molar-refractivity contribution is 0.00706. The number of halogens is 1. The maximum absolute atomic E-state index is 12.3. The molecule has 2 aliphatic heterocycles. The van der Waals surface area contributed by atoms with Crippen molar-refractivity contribution in [3.8, 4) is 6.01 Å². The molecular weight excluding hydrogens is 600 g/mol. The minimum atomic E-state index is -4.06. The van der Waals surface area contributed by atoms with Crippen LogP contribution in [0.4, 0.5) is 0 Å². The van der Waals surface area contributed by atoms with Gasteiger partial charge in [-0.2, -0.15) is 13.4 Å². The van der Waals surface area contributed by atoms with Crippen LogP contribution >= 0.6 is 11.6 Å². The van der Waals surface area contributed by atoms with E-state index in [-0.39, 0.29) is 44.2 Å². The summed E-state index contributed by atoms with van der Waals surface area (Å²) in [6.45, 7) is 6.36. The molecule has 5 rings (SSSR count). The van der Waals surface area contributed by atoms with E-state index >= 15 is 0 Å². The number of ether oxygens (including phenoxy) is 3. The van der Waals surface area contributed by atoms with E-state index in [0.29, 0.717) is 27.4 Å². The number of pyridine rings is 1. The Morgan fingerprint density at radius 1 is 1.19 bits per heavy atom. The van der Waals surface area contributed by atoms with Crippen molar-refractivity contribution in [1.82, 2.24) is 20.3 Å². The molecule has 43 heavy (non-hydrogen) atoms. The van der Waals surface area contributed by atoms with E-state index in [0.717, 1.165) is 16.7 Å². The van der Waals surface area contributed by atoms with Gasteiger partial charge in [-0.05, 0) is 48.3 Å². The normalized spacial score (nSPS) is 22.5. The molecule has 0 aliphatic carbocycles. The highest BCUT2D eigenvalue weighted by atomic mass is 35.5. The Bertz CT molecular complexity index is 1690. The van der Waals surface area contributed by atoms with Crippen LogP contribution in [0.25, 0.3) is 22.3 Å². The number of aromatic nitrogens is 3. The van der Waals surface area contributed by atoms with Crippen molar-refractivity contribution in [2.75, 3.05) is 25.5 Å². The maximum atomic E-state index is 12.3. The number of aromatic amines is 1. The molecule has 14 heteroatoms. The molecule has 0 bridgehead atoms. The number of fused-ring (bicyclic) bond motifs is 2. The molecule has 1 amide bonds. The van der Waals surface area contributed by atoms with Crippen LogP contribution in [0.3, 0.4) is 0 Å². The van der Waals surface area contributed by atoms with Gasteiger partial charge in [0.25, 0.3) is 22.0 Å². The lowest BCUT2D eigenvalue weighted by Gasteiger charge is -2.15. The molecule has 0 radical (unpaired) electrons. The number of H-pyrrole nitrogens is 1. The quantitative estimate of drug-likeness (QED) is 0.140. The van der Waals surface area contributed by atoms with Gasteiger partial charge < -0.3 is 29.6 Å². The van der Waals surface area contributed by atoms with Crippen molar-refractivity contribution in [3.05, 3.63) is 77.0 Å². The molecule has 0 saturated carbocycles. The number of aliphatic hydroxyl groups excluding tert-OH is 1. The van der Waals surface area contributed by atoms with Gasteiger partial charge in [0.15, 0.2) is 11.8 Å². The molecule has 0 spiro atoms. The summed E-state index contributed by atoms with van der Waals surface area (Å²) >= 11 is 6.57. The zero-order chi connectivity index (χ0) is 30.7. The summed E-state index contributed by atoms with van der Waals surface area (Å²) in [5.41, 5.74) is 4.36. The molecule has 2 fully saturated rings. The Labute approximate surface area is 253 Å². The van der Waals surface area contributed by atoms with E-state index in [9.17, 15) is 18.3 Å². The summed E-state index contributed by atoms with van der Waals surface area (Å²) in [4.78, 5) is 24.5. The van der Waals surface area contributed by atoms with Crippen molar-refractivity contribution in [2.24, 2.45) is 0 Å². The first-order valence-electron chi connectivity index (χ1n) is 13.5. The van der Waals surface area contributed by atoms with Gasteiger partial charge in [-0.15, -0.1) is 0 Å². The number of nitrogens with one attached hydrogen (secondary N) is 2. The first-order valence-corrected chi connectivity index (χ1v) is 15.5. The molecule has 3 aromatic rings. The summed E-state index contributed by atoms with van der Waals surface area (Å²) in [6.07, 6.45) is 3.65. The average Bonchev–Trinajstić information content (AvgIpc) is 3.66. The standard InChI is InChI=1S/C29H31ClN4O8S/c1-3-17(18-7-9-19(10-8-18)28(36)31-11-4-12-43(37,38)39)6-5-16(2)24-20(30)13-21-27(33-24)34-29(32-21)42-23-15-41-25-22(35)14-40-26(23)25/h3,5-10,13,22-23,25-26,35H,1,4,11-12,14-15H2,2H3,(H,31,36)(H,32,33,34)(H,37,38,39)/b16-5+,17-6+/t22-,23-,25-,26-/m1/s1. The van der Waals surface area contributed by atoms with Crippen molar-refractivity contribution in [2.45, 2.75) is 37.8 Å². The number of hydrogen-bond acceptors (Lipinski definition) is 9. The van der Waals surface area contributed by atoms with Gasteiger partial charge in [-0.3, -0.25) is 9.35 Å². The van der Waals surface area contributed by atoms with Gasteiger partial charge in [0.05, 0.1) is 35.2 Å². The Morgan fingerprint density at radius 2 is 1.91 bits per heavy atom. The third-order valence-corrected chi connectivity index (χ3v) is 8.19. The third kappa shape index (κ3) is 7.32. The smallest absolute Gasteiger partial charge is 0.296 e. The average molecular weight is 631 g/mol. The fourth-order valence-corrected chi connectivity index (χ4v) is 5.67. The molecule has 4 atom stereocenters. The summed E-state index contributed by atoms with van der Waals surface area (Å²) in [6, 6.07) is 8.85. The number of aliphatic hydroxyl groups is 1. The summed E-state index contributed by atoms with van der Waals surface area (Å²) < 4.78 is 47.6. The predicted octanol–water partition coefficient (Wildman–Crippen LogP) is 3.20. The molecular formula is C29H31ClN4O8S. The second-order valence-electron chi connectivity index (χ2n) is 10.2. The Kier molecular flexibility index (Phi) is 9.30.